The Bertz CT molecular complexity index is 218. The summed E-state index contributed by atoms with van der Waals surface area (Å²) in [6.45, 7) is 3.17. The number of carbonyl (C=O) groups excluding carboxylic acids is 1. The summed E-state index contributed by atoms with van der Waals surface area (Å²) in [6, 6.07) is 0.0897. The second-order valence-corrected chi connectivity index (χ2v) is 5.08. The molecule has 1 aliphatic heterocycles. The third kappa shape index (κ3) is 5.07. The van der Waals surface area contributed by atoms with E-state index in [1.54, 1.807) is 0 Å². The van der Waals surface area contributed by atoms with E-state index in [0.717, 1.165) is 38.6 Å². The first-order valence-electron chi connectivity index (χ1n) is 7.20. The Morgan fingerprint density at radius 3 is 2.71 bits per heavy atom. The maximum atomic E-state index is 12.0. The lowest BCUT2D eigenvalue weighted by molar-refractivity contribution is -0.136. The predicted molar refractivity (Wildman–Crippen MR) is 69.8 cm³/mol. The molecule has 0 aromatic carbocycles. The summed E-state index contributed by atoms with van der Waals surface area (Å²) in [6.07, 6.45) is 9.81. The van der Waals surface area contributed by atoms with Crippen molar-refractivity contribution in [2.24, 2.45) is 0 Å². The number of piperidine rings is 1. The zero-order valence-electron chi connectivity index (χ0n) is 11.2. The maximum Gasteiger partial charge on any atom is 0.222 e. The van der Waals surface area contributed by atoms with Gasteiger partial charge in [-0.2, -0.15) is 0 Å². The van der Waals surface area contributed by atoms with Crippen molar-refractivity contribution in [1.82, 2.24) is 4.90 Å². The summed E-state index contributed by atoms with van der Waals surface area (Å²) in [7, 11) is 0. The van der Waals surface area contributed by atoms with E-state index in [9.17, 15) is 9.90 Å². The topological polar surface area (TPSA) is 40.5 Å². The number of hydrogen-bond donors (Lipinski definition) is 1. The quantitative estimate of drug-likeness (QED) is 0.696. The van der Waals surface area contributed by atoms with E-state index in [1.165, 1.54) is 19.3 Å². The fourth-order valence-corrected chi connectivity index (χ4v) is 2.54. The smallest absolute Gasteiger partial charge is 0.222 e. The lowest BCUT2D eigenvalue weighted by atomic mass is 10.0. The Balaban J connectivity index is 2.20. The van der Waals surface area contributed by atoms with E-state index in [-0.39, 0.29) is 18.6 Å². The first-order valence-corrected chi connectivity index (χ1v) is 7.20. The van der Waals surface area contributed by atoms with Crippen LogP contribution in [0.15, 0.2) is 0 Å². The molecular weight excluding hydrogens is 214 g/mol. The molecule has 0 saturated carbocycles. The van der Waals surface area contributed by atoms with E-state index in [1.807, 2.05) is 4.90 Å². The Kier molecular flexibility index (Phi) is 7.25. The molecule has 3 nitrogen and oxygen atoms in total. The van der Waals surface area contributed by atoms with Crippen molar-refractivity contribution in [2.75, 3.05) is 13.2 Å². The SMILES string of the molecule is CCCCCCCC(=O)N1CCCCC1CO. The molecule has 0 aliphatic carbocycles. The third-order valence-electron chi connectivity index (χ3n) is 3.65. The van der Waals surface area contributed by atoms with Crippen LogP contribution in [0.2, 0.25) is 0 Å². The molecule has 3 heteroatoms. The van der Waals surface area contributed by atoms with Gasteiger partial charge in [0.1, 0.15) is 0 Å². The van der Waals surface area contributed by atoms with Gasteiger partial charge in [-0.15, -0.1) is 0 Å². The van der Waals surface area contributed by atoms with Gasteiger partial charge in [0.15, 0.2) is 0 Å². The van der Waals surface area contributed by atoms with Crippen LogP contribution >= 0.6 is 0 Å². The number of aliphatic hydroxyl groups is 1. The van der Waals surface area contributed by atoms with Crippen molar-refractivity contribution >= 4 is 5.91 Å². The van der Waals surface area contributed by atoms with Gasteiger partial charge in [-0.1, -0.05) is 32.6 Å². The van der Waals surface area contributed by atoms with Crippen molar-refractivity contribution in [3.8, 4) is 0 Å². The Morgan fingerprint density at radius 1 is 1.24 bits per heavy atom. The van der Waals surface area contributed by atoms with E-state index < -0.39 is 0 Å². The average Bonchev–Trinajstić information content (AvgIpc) is 2.38. The van der Waals surface area contributed by atoms with Crippen molar-refractivity contribution in [3.63, 3.8) is 0 Å². The molecule has 1 atom stereocenters. The van der Waals surface area contributed by atoms with Gasteiger partial charge in [0.05, 0.1) is 12.6 Å². The molecule has 0 aromatic heterocycles. The van der Waals surface area contributed by atoms with Gasteiger partial charge in [0, 0.05) is 13.0 Å². The number of likely N-dealkylation sites (tertiary alicyclic amines) is 1. The van der Waals surface area contributed by atoms with Crippen molar-refractivity contribution in [2.45, 2.75) is 70.8 Å². The Hall–Kier alpha value is -0.570. The molecule has 1 unspecified atom stereocenters. The van der Waals surface area contributed by atoms with Crippen LogP contribution < -0.4 is 0 Å². The number of aliphatic hydroxyl groups excluding tert-OH is 1. The molecule has 1 aliphatic rings. The van der Waals surface area contributed by atoms with E-state index in [0.29, 0.717) is 6.42 Å². The summed E-state index contributed by atoms with van der Waals surface area (Å²) < 4.78 is 0. The molecule has 1 rings (SSSR count). The molecule has 0 spiro atoms. The lowest BCUT2D eigenvalue weighted by Gasteiger charge is -2.34. The van der Waals surface area contributed by atoms with Crippen LogP contribution in [0.1, 0.15) is 64.7 Å². The first-order chi connectivity index (χ1) is 8.29. The maximum absolute atomic E-state index is 12.0. The highest BCUT2D eigenvalue weighted by molar-refractivity contribution is 5.76. The largest absolute Gasteiger partial charge is 0.394 e. The molecule has 1 amide bonds. The fourth-order valence-electron chi connectivity index (χ4n) is 2.54. The predicted octanol–water partition coefficient (Wildman–Crippen LogP) is 2.72. The zero-order valence-corrected chi connectivity index (χ0v) is 11.2. The van der Waals surface area contributed by atoms with Crippen LogP contribution in [-0.4, -0.2) is 35.1 Å². The number of rotatable bonds is 7. The van der Waals surface area contributed by atoms with Gasteiger partial charge in [-0.05, 0) is 25.7 Å². The van der Waals surface area contributed by atoms with Crippen molar-refractivity contribution < 1.29 is 9.90 Å². The molecule has 0 aromatic rings. The van der Waals surface area contributed by atoms with E-state index >= 15 is 0 Å². The highest BCUT2D eigenvalue weighted by atomic mass is 16.3. The van der Waals surface area contributed by atoms with E-state index in [4.69, 9.17) is 0 Å². The summed E-state index contributed by atoms with van der Waals surface area (Å²) in [5.74, 6) is 0.250. The molecule has 1 heterocycles. The van der Waals surface area contributed by atoms with Crippen molar-refractivity contribution in [1.29, 1.82) is 0 Å². The molecule has 1 fully saturated rings. The first kappa shape index (κ1) is 14.5. The molecule has 17 heavy (non-hydrogen) atoms. The Morgan fingerprint density at radius 2 is 2.00 bits per heavy atom. The van der Waals surface area contributed by atoms with Crippen molar-refractivity contribution in [3.05, 3.63) is 0 Å². The van der Waals surface area contributed by atoms with Gasteiger partial charge >= 0.3 is 0 Å². The standard InChI is InChI=1S/C14H27NO2/c1-2-3-4-5-6-10-14(17)15-11-8-7-9-13(15)12-16/h13,16H,2-12H2,1H3. The highest BCUT2D eigenvalue weighted by Crippen LogP contribution is 2.18. The van der Waals surface area contributed by atoms with Gasteiger partial charge in [-0.25, -0.2) is 0 Å². The Labute approximate surface area is 105 Å². The van der Waals surface area contributed by atoms with Crippen LogP contribution in [-0.2, 0) is 4.79 Å². The minimum Gasteiger partial charge on any atom is -0.394 e. The lowest BCUT2D eigenvalue weighted by Crippen LogP contribution is -2.45. The van der Waals surface area contributed by atoms with Crippen LogP contribution in [0.3, 0.4) is 0 Å². The third-order valence-corrected chi connectivity index (χ3v) is 3.65. The molecule has 100 valence electrons. The normalized spacial score (nSPS) is 20.6. The highest BCUT2D eigenvalue weighted by Gasteiger charge is 2.25. The minimum absolute atomic E-state index is 0.0897. The second-order valence-electron chi connectivity index (χ2n) is 5.08. The number of unbranched alkanes of at least 4 members (excludes halogenated alkanes) is 4. The number of nitrogens with zero attached hydrogens (tertiary/aromatic N) is 1. The molecule has 1 saturated heterocycles. The number of carbonyl (C=O) groups is 1. The van der Waals surface area contributed by atoms with Crippen LogP contribution in [0, 0.1) is 0 Å². The van der Waals surface area contributed by atoms with Gasteiger partial charge in [-0.3, -0.25) is 4.79 Å². The summed E-state index contributed by atoms with van der Waals surface area (Å²) >= 11 is 0. The summed E-state index contributed by atoms with van der Waals surface area (Å²) in [5, 5.41) is 9.26. The van der Waals surface area contributed by atoms with Gasteiger partial charge in [0.25, 0.3) is 0 Å². The summed E-state index contributed by atoms with van der Waals surface area (Å²) in [5.41, 5.74) is 0. The zero-order chi connectivity index (χ0) is 12.5. The monoisotopic (exact) mass is 241 g/mol. The molecule has 0 bridgehead atoms. The molecular formula is C14H27NO2. The van der Waals surface area contributed by atoms with Gasteiger partial charge < -0.3 is 10.0 Å². The minimum atomic E-state index is 0.0897. The molecule has 0 radical (unpaired) electrons. The molecule has 1 N–H and O–H groups in total. The van der Waals surface area contributed by atoms with Crippen LogP contribution in [0.4, 0.5) is 0 Å². The van der Waals surface area contributed by atoms with Crippen LogP contribution in [0.5, 0.6) is 0 Å². The summed E-state index contributed by atoms with van der Waals surface area (Å²) in [4.78, 5) is 13.9. The number of hydrogen-bond acceptors (Lipinski definition) is 2. The van der Waals surface area contributed by atoms with Crippen LogP contribution in [0.25, 0.3) is 0 Å². The second kappa shape index (κ2) is 8.51. The fraction of sp³-hybridized carbons (Fsp3) is 0.929. The number of amides is 1. The van der Waals surface area contributed by atoms with E-state index in [2.05, 4.69) is 6.92 Å². The van der Waals surface area contributed by atoms with Gasteiger partial charge in [0.2, 0.25) is 5.91 Å². The average molecular weight is 241 g/mol.